The van der Waals surface area contributed by atoms with E-state index in [1.54, 1.807) is 0 Å². The molecule has 0 radical (unpaired) electrons. The molecule has 20 heavy (non-hydrogen) atoms. The Kier molecular flexibility index (Phi) is 6.45. The van der Waals surface area contributed by atoms with E-state index in [0.29, 0.717) is 25.3 Å². The number of nitrogens with zero attached hydrogens (tertiary/aromatic N) is 1. The summed E-state index contributed by atoms with van der Waals surface area (Å²) in [5, 5.41) is 14.1. The summed E-state index contributed by atoms with van der Waals surface area (Å²) in [6, 6.07) is 3.64. The number of anilines is 1. The molecule has 0 spiro atoms. The van der Waals surface area contributed by atoms with Gasteiger partial charge in [0.2, 0.25) is 5.91 Å². The van der Waals surface area contributed by atoms with Crippen molar-refractivity contribution < 1.29 is 19.1 Å². The number of nitrogens with one attached hydrogen (secondary N) is 1. The number of rotatable bonds is 7. The fourth-order valence-corrected chi connectivity index (χ4v) is 1.58. The molecule has 0 aromatic heterocycles. The van der Waals surface area contributed by atoms with E-state index in [0.717, 1.165) is 6.07 Å². The molecule has 0 heterocycles. The van der Waals surface area contributed by atoms with Crippen LogP contribution in [0.2, 0.25) is 0 Å². The molecule has 7 heteroatoms. The molecule has 1 amide bonds. The number of oxime groups is 1. The zero-order valence-corrected chi connectivity index (χ0v) is 11.2. The van der Waals surface area contributed by atoms with Crippen LogP contribution in [0.3, 0.4) is 0 Å². The first-order chi connectivity index (χ1) is 9.58. The van der Waals surface area contributed by atoms with Crippen LogP contribution in [0.25, 0.3) is 0 Å². The quantitative estimate of drug-likeness (QED) is 0.233. The first-order valence-electron chi connectivity index (χ1n) is 6.23. The van der Waals surface area contributed by atoms with Gasteiger partial charge in [-0.25, -0.2) is 4.39 Å². The average Bonchev–Trinajstić information content (AvgIpc) is 2.44. The lowest BCUT2D eigenvalue weighted by atomic mass is 10.1. The van der Waals surface area contributed by atoms with Crippen LogP contribution in [-0.4, -0.2) is 30.2 Å². The highest BCUT2D eigenvalue weighted by Crippen LogP contribution is 2.17. The molecule has 1 aromatic rings. The van der Waals surface area contributed by atoms with Gasteiger partial charge in [0.15, 0.2) is 5.84 Å². The summed E-state index contributed by atoms with van der Waals surface area (Å²) in [7, 11) is 0. The van der Waals surface area contributed by atoms with E-state index >= 15 is 0 Å². The van der Waals surface area contributed by atoms with E-state index in [9.17, 15) is 9.18 Å². The molecular weight excluding hydrogens is 265 g/mol. The highest BCUT2D eigenvalue weighted by atomic mass is 19.1. The Balaban J connectivity index is 2.69. The van der Waals surface area contributed by atoms with Crippen molar-refractivity contribution in [1.29, 1.82) is 0 Å². The van der Waals surface area contributed by atoms with Gasteiger partial charge < -0.3 is 21.0 Å². The van der Waals surface area contributed by atoms with Crippen LogP contribution in [0.15, 0.2) is 23.4 Å². The molecular formula is C13H18FN3O3. The van der Waals surface area contributed by atoms with Gasteiger partial charge in [-0.1, -0.05) is 5.16 Å². The van der Waals surface area contributed by atoms with Crippen molar-refractivity contribution in [3.63, 3.8) is 0 Å². The first-order valence-corrected chi connectivity index (χ1v) is 6.23. The highest BCUT2D eigenvalue weighted by Gasteiger charge is 2.11. The molecule has 0 aliphatic rings. The van der Waals surface area contributed by atoms with E-state index in [1.165, 1.54) is 12.1 Å². The number of ether oxygens (including phenoxy) is 1. The van der Waals surface area contributed by atoms with Gasteiger partial charge >= 0.3 is 0 Å². The molecule has 0 saturated carbocycles. The van der Waals surface area contributed by atoms with Crippen molar-refractivity contribution in [2.24, 2.45) is 10.9 Å². The summed E-state index contributed by atoms with van der Waals surface area (Å²) in [5.41, 5.74) is 5.87. The minimum Gasteiger partial charge on any atom is -0.409 e. The van der Waals surface area contributed by atoms with Crippen molar-refractivity contribution in [1.82, 2.24) is 0 Å². The number of amidine groups is 1. The fraction of sp³-hybridized carbons (Fsp3) is 0.385. The Morgan fingerprint density at radius 3 is 2.95 bits per heavy atom. The summed E-state index contributed by atoms with van der Waals surface area (Å²) in [5.74, 6) is -1.06. The normalized spacial score (nSPS) is 11.4. The average molecular weight is 283 g/mol. The van der Waals surface area contributed by atoms with Gasteiger partial charge in [-0.3, -0.25) is 4.79 Å². The summed E-state index contributed by atoms with van der Waals surface area (Å²) in [6.07, 6.45) is 0.854. The maximum atomic E-state index is 13.1. The Morgan fingerprint density at radius 2 is 2.30 bits per heavy atom. The number of hydrogen-bond acceptors (Lipinski definition) is 4. The standard InChI is InChI=1S/C13H18FN3O3/c1-2-20-7-3-4-12(18)16-11-6-5-9(14)8-10(11)13(15)17-19/h5-6,8,19H,2-4,7H2,1H3,(H2,15,17)(H,16,18). The van der Waals surface area contributed by atoms with Crippen LogP contribution >= 0.6 is 0 Å². The van der Waals surface area contributed by atoms with Crippen LogP contribution < -0.4 is 11.1 Å². The van der Waals surface area contributed by atoms with Gasteiger partial charge in [0.05, 0.1) is 5.69 Å². The van der Waals surface area contributed by atoms with Gasteiger partial charge in [0.25, 0.3) is 0 Å². The number of amides is 1. The molecule has 1 rings (SSSR count). The highest BCUT2D eigenvalue weighted by molar-refractivity contribution is 6.05. The molecule has 6 nitrogen and oxygen atoms in total. The molecule has 0 bridgehead atoms. The van der Waals surface area contributed by atoms with E-state index in [2.05, 4.69) is 10.5 Å². The smallest absolute Gasteiger partial charge is 0.224 e. The predicted octanol–water partition coefficient (Wildman–Crippen LogP) is 1.68. The summed E-state index contributed by atoms with van der Waals surface area (Å²) >= 11 is 0. The Hall–Kier alpha value is -2.15. The van der Waals surface area contributed by atoms with Crippen LogP contribution in [0.4, 0.5) is 10.1 Å². The second kappa shape index (κ2) is 8.11. The van der Waals surface area contributed by atoms with Crippen LogP contribution in [-0.2, 0) is 9.53 Å². The van der Waals surface area contributed by atoms with E-state index in [1.807, 2.05) is 6.92 Å². The van der Waals surface area contributed by atoms with E-state index in [-0.39, 0.29) is 23.7 Å². The van der Waals surface area contributed by atoms with Gasteiger partial charge in [-0.05, 0) is 31.5 Å². The number of halogens is 1. The van der Waals surface area contributed by atoms with Gasteiger partial charge in [-0.15, -0.1) is 0 Å². The predicted molar refractivity (Wildman–Crippen MR) is 73.3 cm³/mol. The van der Waals surface area contributed by atoms with Gasteiger partial charge in [0, 0.05) is 25.2 Å². The molecule has 0 aliphatic carbocycles. The van der Waals surface area contributed by atoms with Crippen LogP contribution in [0, 0.1) is 5.82 Å². The SMILES string of the molecule is CCOCCCC(=O)Nc1ccc(F)cc1/C(N)=N/O. The van der Waals surface area contributed by atoms with Crippen molar-refractivity contribution >= 4 is 17.4 Å². The monoisotopic (exact) mass is 283 g/mol. The third-order valence-electron chi connectivity index (χ3n) is 2.54. The molecule has 1 aromatic carbocycles. The maximum absolute atomic E-state index is 13.1. The zero-order chi connectivity index (χ0) is 15.0. The van der Waals surface area contributed by atoms with Crippen LogP contribution in [0.1, 0.15) is 25.3 Å². The second-order valence-electron chi connectivity index (χ2n) is 4.02. The number of carbonyl (C=O) groups excluding carboxylic acids is 1. The third-order valence-corrected chi connectivity index (χ3v) is 2.54. The largest absolute Gasteiger partial charge is 0.409 e. The minimum atomic E-state index is -0.541. The summed E-state index contributed by atoms with van der Waals surface area (Å²) in [4.78, 5) is 11.7. The molecule has 4 N–H and O–H groups in total. The molecule has 0 atom stereocenters. The van der Waals surface area contributed by atoms with E-state index in [4.69, 9.17) is 15.7 Å². The number of carbonyl (C=O) groups is 1. The lowest BCUT2D eigenvalue weighted by Crippen LogP contribution is -2.19. The Morgan fingerprint density at radius 1 is 1.55 bits per heavy atom. The van der Waals surface area contributed by atoms with E-state index < -0.39 is 5.82 Å². The molecule has 0 fully saturated rings. The lowest BCUT2D eigenvalue weighted by molar-refractivity contribution is -0.116. The number of hydrogen-bond donors (Lipinski definition) is 3. The summed E-state index contributed by atoms with van der Waals surface area (Å²) < 4.78 is 18.3. The second-order valence-corrected chi connectivity index (χ2v) is 4.02. The fourth-order valence-electron chi connectivity index (χ4n) is 1.58. The lowest BCUT2D eigenvalue weighted by Gasteiger charge is -2.10. The van der Waals surface area contributed by atoms with Crippen LogP contribution in [0.5, 0.6) is 0 Å². The van der Waals surface area contributed by atoms with Gasteiger partial charge in [-0.2, -0.15) is 0 Å². The zero-order valence-electron chi connectivity index (χ0n) is 11.2. The number of nitrogens with two attached hydrogens (primary N) is 1. The molecule has 0 saturated heterocycles. The third kappa shape index (κ3) is 4.85. The topological polar surface area (TPSA) is 96.9 Å². The summed E-state index contributed by atoms with van der Waals surface area (Å²) in [6.45, 7) is 2.98. The number of benzene rings is 1. The minimum absolute atomic E-state index is 0.130. The molecule has 0 aliphatic heterocycles. The molecule has 110 valence electrons. The van der Waals surface area contributed by atoms with Crippen molar-refractivity contribution in [3.8, 4) is 0 Å². The molecule has 0 unspecified atom stereocenters. The van der Waals surface area contributed by atoms with Gasteiger partial charge in [0.1, 0.15) is 5.82 Å². The van der Waals surface area contributed by atoms with Crippen molar-refractivity contribution in [2.75, 3.05) is 18.5 Å². The van der Waals surface area contributed by atoms with Crippen molar-refractivity contribution in [3.05, 3.63) is 29.6 Å². The maximum Gasteiger partial charge on any atom is 0.224 e. The Bertz CT molecular complexity index is 492. The van der Waals surface area contributed by atoms with Crippen molar-refractivity contribution in [2.45, 2.75) is 19.8 Å². The Labute approximate surface area is 116 Å². The first kappa shape index (κ1) is 15.9.